The number of hydrogen-bond acceptors (Lipinski definition) is 3. The molecule has 1 fully saturated rings. The maximum Gasteiger partial charge on any atom is 0.0619 e. The van der Waals surface area contributed by atoms with Gasteiger partial charge in [0.15, 0.2) is 0 Å². The van der Waals surface area contributed by atoms with E-state index in [1.54, 1.807) is 0 Å². The molecule has 1 heterocycles. The Morgan fingerprint density at radius 3 is 3.10 bits per heavy atom. The molecule has 10 heavy (non-hydrogen) atoms. The zero-order chi connectivity index (χ0) is 7.40. The van der Waals surface area contributed by atoms with E-state index in [1.807, 2.05) is 0 Å². The average molecular weight is 145 g/mol. The fraction of sp³-hybridized carbons (Fsp3) is 1.00. The highest BCUT2D eigenvalue weighted by atomic mass is 16.5. The van der Waals surface area contributed by atoms with Gasteiger partial charge in [0.2, 0.25) is 0 Å². The molecule has 1 N–H and O–H groups in total. The van der Waals surface area contributed by atoms with Gasteiger partial charge in [-0.2, -0.15) is 0 Å². The summed E-state index contributed by atoms with van der Waals surface area (Å²) >= 11 is 0. The average Bonchev–Trinajstić information content (AvgIpc) is 1.94. The molecule has 0 radical (unpaired) electrons. The fourth-order valence-corrected chi connectivity index (χ4v) is 1.22. The predicted molar refractivity (Wildman–Crippen MR) is 38.9 cm³/mol. The van der Waals surface area contributed by atoms with Crippen molar-refractivity contribution in [1.29, 1.82) is 0 Å². The molecule has 3 nitrogen and oxygen atoms in total. The topological polar surface area (TPSA) is 32.7 Å². The minimum Gasteiger partial charge on any atom is -0.395 e. The van der Waals surface area contributed by atoms with Crippen LogP contribution in [0.1, 0.15) is 6.92 Å². The van der Waals surface area contributed by atoms with Crippen LogP contribution in [0.4, 0.5) is 0 Å². The second-order valence-electron chi connectivity index (χ2n) is 2.68. The molecule has 0 unspecified atom stereocenters. The number of aliphatic hydroxyl groups is 1. The van der Waals surface area contributed by atoms with E-state index in [4.69, 9.17) is 9.84 Å². The maximum absolute atomic E-state index is 8.65. The van der Waals surface area contributed by atoms with Crippen LogP contribution in [0.15, 0.2) is 0 Å². The Morgan fingerprint density at radius 1 is 1.70 bits per heavy atom. The first kappa shape index (κ1) is 7.98. The summed E-state index contributed by atoms with van der Waals surface area (Å²) in [7, 11) is 0. The van der Waals surface area contributed by atoms with Crippen LogP contribution in [0, 0.1) is 0 Å². The summed E-state index contributed by atoms with van der Waals surface area (Å²) < 4.78 is 5.23. The van der Waals surface area contributed by atoms with Gasteiger partial charge in [-0.1, -0.05) is 0 Å². The molecule has 0 spiro atoms. The Kier molecular flexibility index (Phi) is 3.12. The van der Waals surface area contributed by atoms with Crippen LogP contribution in [0.2, 0.25) is 0 Å². The number of morpholine rings is 1. The minimum atomic E-state index is 0.254. The molecular formula is C7H15NO2. The first-order valence-corrected chi connectivity index (χ1v) is 3.77. The molecule has 60 valence electrons. The smallest absolute Gasteiger partial charge is 0.0619 e. The number of hydrogen-bond donors (Lipinski definition) is 1. The van der Waals surface area contributed by atoms with E-state index >= 15 is 0 Å². The van der Waals surface area contributed by atoms with Crippen molar-refractivity contribution in [1.82, 2.24) is 4.90 Å². The van der Waals surface area contributed by atoms with Gasteiger partial charge in [0.05, 0.1) is 19.8 Å². The summed E-state index contributed by atoms with van der Waals surface area (Å²) in [6, 6.07) is 0.473. The number of aliphatic hydroxyl groups excluding tert-OH is 1. The summed E-state index contributed by atoms with van der Waals surface area (Å²) in [5.41, 5.74) is 0. The van der Waals surface area contributed by atoms with Gasteiger partial charge in [0.1, 0.15) is 0 Å². The van der Waals surface area contributed by atoms with Crippen molar-refractivity contribution in [3.05, 3.63) is 0 Å². The normalized spacial score (nSPS) is 28.8. The van der Waals surface area contributed by atoms with Crippen molar-refractivity contribution in [3.8, 4) is 0 Å². The molecule has 0 amide bonds. The lowest BCUT2D eigenvalue weighted by molar-refractivity contribution is -0.00656. The Morgan fingerprint density at radius 2 is 2.50 bits per heavy atom. The fourth-order valence-electron chi connectivity index (χ4n) is 1.22. The van der Waals surface area contributed by atoms with Crippen molar-refractivity contribution in [3.63, 3.8) is 0 Å². The lowest BCUT2D eigenvalue weighted by Gasteiger charge is -2.32. The lowest BCUT2D eigenvalue weighted by Crippen LogP contribution is -2.44. The third-order valence-electron chi connectivity index (χ3n) is 1.89. The van der Waals surface area contributed by atoms with Crippen LogP contribution >= 0.6 is 0 Å². The van der Waals surface area contributed by atoms with Gasteiger partial charge < -0.3 is 9.84 Å². The molecule has 0 aromatic heterocycles. The molecule has 0 bridgehead atoms. The highest BCUT2D eigenvalue weighted by Gasteiger charge is 2.16. The number of rotatable bonds is 2. The number of nitrogens with zero attached hydrogens (tertiary/aromatic N) is 1. The summed E-state index contributed by atoms with van der Waals surface area (Å²) in [6.45, 7) is 5.73. The van der Waals surface area contributed by atoms with Gasteiger partial charge in [0.25, 0.3) is 0 Å². The molecule has 3 heteroatoms. The van der Waals surface area contributed by atoms with Crippen LogP contribution in [0.5, 0.6) is 0 Å². The summed E-state index contributed by atoms with van der Waals surface area (Å²) in [4.78, 5) is 2.24. The molecule has 1 saturated heterocycles. The van der Waals surface area contributed by atoms with E-state index in [0.717, 1.165) is 26.3 Å². The molecule has 0 aromatic carbocycles. The van der Waals surface area contributed by atoms with Crippen LogP contribution in [-0.2, 0) is 4.74 Å². The molecule has 1 atom stereocenters. The zero-order valence-electron chi connectivity index (χ0n) is 6.42. The monoisotopic (exact) mass is 145 g/mol. The highest BCUT2D eigenvalue weighted by molar-refractivity contribution is 4.69. The van der Waals surface area contributed by atoms with Gasteiger partial charge in [-0.25, -0.2) is 0 Å². The molecule has 1 aliphatic rings. The van der Waals surface area contributed by atoms with Crippen LogP contribution in [0.3, 0.4) is 0 Å². The van der Waals surface area contributed by atoms with Gasteiger partial charge in [0, 0.05) is 19.1 Å². The molecule has 0 aliphatic carbocycles. The third kappa shape index (κ3) is 1.94. The van der Waals surface area contributed by atoms with E-state index in [0.29, 0.717) is 6.04 Å². The van der Waals surface area contributed by atoms with E-state index < -0.39 is 0 Å². The van der Waals surface area contributed by atoms with Gasteiger partial charge in [-0.3, -0.25) is 4.90 Å². The van der Waals surface area contributed by atoms with E-state index in [9.17, 15) is 0 Å². The van der Waals surface area contributed by atoms with Crippen LogP contribution < -0.4 is 0 Å². The lowest BCUT2D eigenvalue weighted by atomic mass is 10.2. The summed E-state index contributed by atoms with van der Waals surface area (Å²) in [5, 5.41) is 8.65. The van der Waals surface area contributed by atoms with Crippen LogP contribution in [0.25, 0.3) is 0 Å². The predicted octanol–water partition coefficient (Wildman–Crippen LogP) is -0.301. The van der Waals surface area contributed by atoms with E-state index in [2.05, 4.69) is 11.8 Å². The quantitative estimate of drug-likeness (QED) is 0.579. The number of ether oxygens (including phenoxy) is 1. The Hall–Kier alpha value is -0.120. The minimum absolute atomic E-state index is 0.254. The van der Waals surface area contributed by atoms with Gasteiger partial charge in [-0.05, 0) is 6.92 Å². The number of β-amino-alcohol motifs (C(OH)–C–C–N with tert-alkyl or cyclic N) is 1. The van der Waals surface area contributed by atoms with E-state index in [-0.39, 0.29) is 6.61 Å². The van der Waals surface area contributed by atoms with Crippen molar-refractivity contribution < 1.29 is 9.84 Å². The molecule has 1 aliphatic heterocycles. The van der Waals surface area contributed by atoms with Gasteiger partial charge >= 0.3 is 0 Å². The van der Waals surface area contributed by atoms with Crippen molar-refractivity contribution in [2.24, 2.45) is 0 Å². The second-order valence-corrected chi connectivity index (χ2v) is 2.68. The molecule has 0 aromatic rings. The standard InChI is InChI=1S/C7H15NO2/c1-7-6-10-5-3-8(7)2-4-9/h7,9H,2-6H2,1H3/t7-/m0/s1. The van der Waals surface area contributed by atoms with Crippen molar-refractivity contribution >= 4 is 0 Å². The first-order chi connectivity index (χ1) is 4.84. The van der Waals surface area contributed by atoms with Crippen LogP contribution in [-0.4, -0.2) is 49.0 Å². The first-order valence-electron chi connectivity index (χ1n) is 3.77. The SMILES string of the molecule is C[C@H]1COCCN1CCO. The maximum atomic E-state index is 8.65. The van der Waals surface area contributed by atoms with Gasteiger partial charge in [-0.15, -0.1) is 0 Å². The summed E-state index contributed by atoms with van der Waals surface area (Å²) in [5.74, 6) is 0. The summed E-state index contributed by atoms with van der Waals surface area (Å²) in [6.07, 6.45) is 0. The van der Waals surface area contributed by atoms with E-state index in [1.165, 1.54) is 0 Å². The molecular weight excluding hydrogens is 130 g/mol. The molecule has 1 rings (SSSR count). The molecule has 0 saturated carbocycles. The Labute approximate surface area is 61.6 Å². The second kappa shape index (κ2) is 3.91. The third-order valence-corrected chi connectivity index (χ3v) is 1.89. The highest BCUT2D eigenvalue weighted by Crippen LogP contribution is 2.03. The largest absolute Gasteiger partial charge is 0.395 e. The Bertz CT molecular complexity index is 95.6. The van der Waals surface area contributed by atoms with Crippen molar-refractivity contribution in [2.75, 3.05) is 32.9 Å². The van der Waals surface area contributed by atoms with Crippen molar-refractivity contribution in [2.45, 2.75) is 13.0 Å². The Balaban J connectivity index is 2.25. The zero-order valence-corrected chi connectivity index (χ0v) is 6.42.